The summed E-state index contributed by atoms with van der Waals surface area (Å²) in [6, 6.07) is 3.84. The van der Waals surface area contributed by atoms with Crippen LogP contribution in [-0.2, 0) is 0 Å². The van der Waals surface area contributed by atoms with Gasteiger partial charge < -0.3 is 15.2 Å². The zero-order valence-corrected chi connectivity index (χ0v) is 15.0. The van der Waals surface area contributed by atoms with Gasteiger partial charge in [0.25, 0.3) is 5.91 Å². The number of aromatic nitrogens is 1. The van der Waals surface area contributed by atoms with Crippen molar-refractivity contribution in [2.45, 2.75) is 38.5 Å². The van der Waals surface area contributed by atoms with Crippen LogP contribution in [0.2, 0.25) is 5.02 Å². The Bertz CT molecular complexity index is 783. The molecule has 0 unspecified atom stereocenters. The molecule has 1 amide bonds. The monoisotopic (exact) mass is 365 g/mol. The largest absolute Gasteiger partial charge is 0.367 e. The molecule has 0 saturated carbocycles. The molecule has 2 aromatic rings. The summed E-state index contributed by atoms with van der Waals surface area (Å²) in [4.78, 5) is 14.4. The molecule has 0 atom stereocenters. The number of likely N-dealkylation sites (tertiary alicyclic amines) is 1. The third-order valence-corrected chi connectivity index (χ3v) is 5.00. The van der Waals surface area contributed by atoms with Crippen molar-refractivity contribution in [3.63, 3.8) is 0 Å². The van der Waals surface area contributed by atoms with Gasteiger partial charge >= 0.3 is 0 Å². The number of anilines is 1. The molecule has 1 aromatic carbocycles. The highest BCUT2D eigenvalue weighted by Gasteiger charge is 2.30. The van der Waals surface area contributed by atoms with Crippen molar-refractivity contribution in [2.24, 2.45) is 0 Å². The maximum absolute atomic E-state index is 13.2. The summed E-state index contributed by atoms with van der Waals surface area (Å²) >= 11 is 6.00. The zero-order chi connectivity index (χ0) is 18.1. The molecular weight excluding hydrogens is 345 g/mol. The smallest absolute Gasteiger partial charge is 0.255 e. The molecule has 1 aliphatic rings. The number of piperidine rings is 1. The Morgan fingerprint density at radius 2 is 2.08 bits per heavy atom. The Morgan fingerprint density at radius 3 is 2.68 bits per heavy atom. The van der Waals surface area contributed by atoms with Crippen LogP contribution in [-0.4, -0.2) is 29.1 Å². The number of benzene rings is 1. The van der Waals surface area contributed by atoms with Crippen LogP contribution in [0.4, 0.5) is 10.3 Å². The molecule has 1 aromatic heterocycles. The predicted molar refractivity (Wildman–Crippen MR) is 94.3 cm³/mol. The number of rotatable bonds is 3. The summed E-state index contributed by atoms with van der Waals surface area (Å²) in [5.41, 5.74) is 8.09. The molecule has 2 heterocycles. The SMILES string of the molecule is CC(C)c1c(C2CCN(C(=O)c3ccc(F)cc3Cl)CC2)noc1N. The molecule has 0 aliphatic carbocycles. The highest BCUT2D eigenvalue weighted by atomic mass is 35.5. The molecule has 0 bridgehead atoms. The lowest BCUT2D eigenvalue weighted by Crippen LogP contribution is -2.38. The molecule has 1 fully saturated rings. The van der Waals surface area contributed by atoms with E-state index in [4.69, 9.17) is 21.9 Å². The Balaban J connectivity index is 1.71. The third-order valence-electron chi connectivity index (χ3n) is 4.69. The van der Waals surface area contributed by atoms with Crippen LogP contribution in [0.25, 0.3) is 0 Å². The average Bonchev–Trinajstić information content (AvgIpc) is 2.96. The fourth-order valence-corrected chi connectivity index (χ4v) is 3.63. The number of nitrogen functional groups attached to an aromatic ring is 1. The van der Waals surface area contributed by atoms with Crippen molar-refractivity contribution in [3.05, 3.63) is 45.9 Å². The van der Waals surface area contributed by atoms with Gasteiger partial charge in [-0.15, -0.1) is 0 Å². The summed E-state index contributed by atoms with van der Waals surface area (Å²) in [6.07, 6.45) is 1.55. The first kappa shape index (κ1) is 17.7. The van der Waals surface area contributed by atoms with Gasteiger partial charge in [0.2, 0.25) is 5.88 Å². The van der Waals surface area contributed by atoms with Gasteiger partial charge in [-0.25, -0.2) is 4.39 Å². The van der Waals surface area contributed by atoms with Crippen LogP contribution in [0.1, 0.15) is 60.1 Å². The van der Waals surface area contributed by atoms with Gasteiger partial charge in [0, 0.05) is 24.6 Å². The van der Waals surface area contributed by atoms with Crippen molar-refractivity contribution < 1.29 is 13.7 Å². The highest BCUT2D eigenvalue weighted by molar-refractivity contribution is 6.33. The van der Waals surface area contributed by atoms with Gasteiger partial charge in [0.05, 0.1) is 16.3 Å². The minimum Gasteiger partial charge on any atom is -0.367 e. The molecule has 5 nitrogen and oxygen atoms in total. The molecule has 7 heteroatoms. The van der Waals surface area contributed by atoms with E-state index in [0.717, 1.165) is 30.2 Å². The van der Waals surface area contributed by atoms with Gasteiger partial charge in [-0.1, -0.05) is 30.6 Å². The molecule has 2 N–H and O–H groups in total. The van der Waals surface area contributed by atoms with E-state index in [-0.39, 0.29) is 22.8 Å². The number of carbonyl (C=O) groups excluding carboxylic acids is 1. The first-order valence-corrected chi connectivity index (χ1v) is 8.75. The molecule has 1 aliphatic heterocycles. The fourth-order valence-electron chi connectivity index (χ4n) is 3.39. The second-order valence-electron chi connectivity index (χ2n) is 6.69. The molecular formula is C18H21ClFN3O2. The second kappa shape index (κ2) is 7.04. The number of hydrogen-bond donors (Lipinski definition) is 1. The molecule has 0 radical (unpaired) electrons. The Morgan fingerprint density at radius 1 is 1.40 bits per heavy atom. The lowest BCUT2D eigenvalue weighted by molar-refractivity contribution is 0.0711. The van der Waals surface area contributed by atoms with Crippen LogP contribution in [0.3, 0.4) is 0 Å². The number of amides is 1. The van der Waals surface area contributed by atoms with Crippen molar-refractivity contribution in [1.82, 2.24) is 10.1 Å². The zero-order valence-electron chi connectivity index (χ0n) is 14.3. The minimum absolute atomic E-state index is 0.137. The van der Waals surface area contributed by atoms with Crippen LogP contribution in [0.5, 0.6) is 0 Å². The Labute approximate surface area is 150 Å². The first-order chi connectivity index (χ1) is 11.9. The van der Waals surface area contributed by atoms with Crippen LogP contribution < -0.4 is 5.73 Å². The molecule has 3 rings (SSSR count). The van der Waals surface area contributed by atoms with Crippen LogP contribution in [0, 0.1) is 5.82 Å². The summed E-state index contributed by atoms with van der Waals surface area (Å²) in [5, 5.41) is 4.28. The van der Waals surface area contributed by atoms with E-state index in [9.17, 15) is 9.18 Å². The van der Waals surface area contributed by atoms with E-state index in [1.165, 1.54) is 12.1 Å². The van der Waals surface area contributed by atoms with Gasteiger partial charge in [-0.2, -0.15) is 0 Å². The van der Waals surface area contributed by atoms with Crippen molar-refractivity contribution >= 4 is 23.4 Å². The molecule has 0 spiro atoms. The molecule has 134 valence electrons. The number of carbonyl (C=O) groups is 1. The summed E-state index contributed by atoms with van der Waals surface area (Å²) in [6.45, 7) is 5.28. The second-order valence-corrected chi connectivity index (χ2v) is 7.10. The highest BCUT2D eigenvalue weighted by Crippen LogP contribution is 2.36. The topological polar surface area (TPSA) is 72.4 Å². The molecule has 25 heavy (non-hydrogen) atoms. The number of hydrogen-bond acceptors (Lipinski definition) is 4. The maximum atomic E-state index is 13.2. The third kappa shape index (κ3) is 3.49. The normalized spacial score (nSPS) is 15.8. The summed E-state index contributed by atoms with van der Waals surface area (Å²) in [5.74, 6) is 0.198. The van der Waals surface area contributed by atoms with Crippen molar-refractivity contribution in [2.75, 3.05) is 18.8 Å². The lowest BCUT2D eigenvalue weighted by Gasteiger charge is -2.32. The van der Waals surface area contributed by atoms with E-state index < -0.39 is 5.82 Å². The van der Waals surface area contributed by atoms with E-state index in [2.05, 4.69) is 19.0 Å². The van der Waals surface area contributed by atoms with Gasteiger partial charge in [-0.05, 0) is 37.0 Å². The summed E-state index contributed by atoms with van der Waals surface area (Å²) in [7, 11) is 0. The fraction of sp³-hybridized carbons (Fsp3) is 0.444. The first-order valence-electron chi connectivity index (χ1n) is 8.37. The predicted octanol–water partition coefficient (Wildman–Crippen LogP) is 4.19. The number of halogens is 2. The minimum atomic E-state index is -0.454. The Hall–Kier alpha value is -2.08. The van der Waals surface area contributed by atoms with E-state index in [1.54, 1.807) is 4.90 Å². The van der Waals surface area contributed by atoms with E-state index in [0.29, 0.717) is 24.5 Å². The quantitative estimate of drug-likeness (QED) is 0.885. The van der Waals surface area contributed by atoms with Crippen molar-refractivity contribution in [1.29, 1.82) is 0 Å². The van der Waals surface area contributed by atoms with Gasteiger partial charge in [-0.3, -0.25) is 4.79 Å². The van der Waals surface area contributed by atoms with Crippen molar-refractivity contribution in [3.8, 4) is 0 Å². The van der Waals surface area contributed by atoms with E-state index in [1.807, 2.05) is 0 Å². The maximum Gasteiger partial charge on any atom is 0.255 e. The average molecular weight is 366 g/mol. The summed E-state index contributed by atoms with van der Waals surface area (Å²) < 4.78 is 18.3. The van der Waals surface area contributed by atoms with Crippen LogP contribution in [0.15, 0.2) is 22.7 Å². The lowest BCUT2D eigenvalue weighted by atomic mass is 9.88. The van der Waals surface area contributed by atoms with Gasteiger partial charge in [0.1, 0.15) is 5.82 Å². The van der Waals surface area contributed by atoms with Gasteiger partial charge in [0.15, 0.2) is 0 Å². The standard InChI is InChI=1S/C18H21ClFN3O2/c1-10(2)15-16(22-25-17(15)21)11-5-7-23(8-6-11)18(24)13-4-3-12(20)9-14(13)19/h3-4,9-11H,5-8,21H2,1-2H3. The Kier molecular flexibility index (Phi) is 4.99. The van der Waals surface area contributed by atoms with Crippen LogP contribution >= 0.6 is 11.6 Å². The van der Waals surface area contributed by atoms with E-state index >= 15 is 0 Å². The number of nitrogens with two attached hydrogens (primary N) is 1. The number of nitrogens with zero attached hydrogens (tertiary/aromatic N) is 2. The molecule has 1 saturated heterocycles.